The van der Waals surface area contributed by atoms with Gasteiger partial charge in [0, 0.05) is 17.1 Å². The molecule has 3 nitrogen and oxygen atoms in total. The normalized spacial score (nSPS) is 22.1. The second kappa shape index (κ2) is 7.16. The fourth-order valence-corrected chi connectivity index (χ4v) is 2.95. The summed E-state index contributed by atoms with van der Waals surface area (Å²) in [6.07, 6.45) is 2.46. The van der Waals surface area contributed by atoms with Gasteiger partial charge in [-0.1, -0.05) is 49.4 Å². The Kier molecular flexibility index (Phi) is 5.45. The van der Waals surface area contributed by atoms with Gasteiger partial charge in [0.1, 0.15) is 0 Å². The standard InChI is InChI=1S/C19H22N2O.ClH/c1-2-19(20)13-17(19)15-8-10-16(11-9-15)21-18(22)12-14-6-4-3-5-7-14;/h3-11,17H,2,12-13,20H2,1H3,(H,21,22);1H. The first-order valence-corrected chi connectivity index (χ1v) is 7.83. The molecule has 1 aliphatic carbocycles. The zero-order chi connectivity index (χ0) is 15.6. The molecule has 2 unspecified atom stereocenters. The largest absolute Gasteiger partial charge is 0.326 e. The second-order valence-electron chi connectivity index (χ2n) is 6.18. The number of carbonyl (C=O) groups is 1. The quantitative estimate of drug-likeness (QED) is 0.874. The van der Waals surface area contributed by atoms with Crippen molar-refractivity contribution in [2.45, 2.75) is 37.6 Å². The van der Waals surface area contributed by atoms with Crippen molar-refractivity contribution < 1.29 is 4.79 Å². The third kappa shape index (κ3) is 4.12. The van der Waals surface area contributed by atoms with Crippen LogP contribution < -0.4 is 11.1 Å². The molecule has 0 spiro atoms. The van der Waals surface area contributed by atoms with E-state index in [9.17, 15) is 4.79 Å². The molecule has 0 aliphatic heterocycles. The van der Waals surface area contributed by atoms with Crippen LogP contribution in [-0.4, -0.2) is 11.4 Å². The van der Waals surface area contributed by atoms with Crippen LogP contribution in [0.15, 0.2) is 54.6 Å². The first kappa shape index (κ1) is 17.5. The van der Waals surface area contributed by atoms with E-state index in [1.54, 1.807) is 0 Å². The summed E-state index contributed by atoms with van der Waals surface area (Å²) in [4.78, 5) is 12.0. The molecule has 2 atom stereocenters. The highest BCUT2D eigenvalue weighted by atomic mass is 35.5. The van der Waals surface area contributed by atoms with Gasteiger partial charge in [-0.25, -0.2) is 0 Å². The van der Waals surface area contributed by atoms with E-state index in [1.165, 1.54) is 5.56 Å². The highest BCUT2D eigenvalue weighted by Gasteiger charge is 2.49. The molecule has 0 aromatic heterocycles. The number of halogens is 1. The summed E-state index contributed by atoms with van der Waals surface area (Å²) in [6.45, 7) is 2.14. The minimum absolute atomic E-state index is 0. The van der Waals surface area contributed by atoms with Crippen molar-refractivity contribution in [2.24, 2.45) is 5.73 Å². The van der Waals surface area contributed by atoms with E-state index in [0.29, 0.717) is 12.3 Å². The van der Waals surface area contributed by atoms with Gasteiger partial charge in [0.15, 0.2) is 0 Å². The third-order valence-corrected chi connectivity index (χ3v) is 4.58. The molecule has 0 heterocycles. The monoisotopic (exact) mass is 330 g/mol. The molecule has 122 valence electrons. The van der Waals surface area contributed by atoms with Gasteiger partial charge < -0.3 is 11.1 Å². The van der Waals surface area contributed by atoms with Crippen molar-refractivity contribution in [3.8, 4) is 0 Å². The van der Waals surface area contributed by atoms with Gasteiger partial charge in [-0.15, -0.1) is 12.4 Å². The van der Waals surface area contributed by atoms with Crippen LogP contribution in [0.5, 0.6) is 0 Å². The van der Waals surface area contributed by atoms with Crippen molar-refractivity contribution in [1.82, 2.24) is 0 Å². The molecule has 3 rings (SSSR count). The lowest BCUT2D eigenvalue weighted by atomic mass is 10.0. The SMILES string of the molecule is CCC1(N)CC1c1ccc(NC(=O)Cc2ccccc2)cc1.Cl. The molecule has 3 N–H and O–H groups in total. The Morgan fingerprint density at radius 2 is 1.83 bits per heavy atom. The van der Waals surface area contributed by atoms with Crippen LogP contribution in [0.2, 0.25) is 0 Å². The molecule has 4 heteroatoms. The lowest BCUT2D eigenvalue weighted by Gasteiger charge is -2.09. The molecular weight excluding hydrogens is 308 g/mol. The van der Waals surface area contributed by atoms with Gasteiger partial charge in [-0.3, -0.25) is 4.79 Å². The average Bonchev–Trinajstić information content (AvgIpc) is 3.22. The molecule has 0 radical (unpaired) electrons. The number of hydrogen-bond donors (Lipinski definition) is 2. The number of hydrogen-bond acceptors (Lipinski definition) is 2. The Balaban J connectivity index is 0.00000192. The fraction of sp³-hybridized carbons (Fsp3) is 0.316. The van der Waals surface area contributed by atoms with E-state index in [-0.39, 0.29) is 23.9 Å². The van der Waals surface area contributed by atoms with E-state index in [4.69, 9.17) is 5.73 Å². The highest BCUT2D eigenvalue weighted by Crippen LogP contribution is 2.51. The Morgan fingerprint density at radius 1 is 1.17 bits per heavy atom. The van der Waals surface area contributed by atoms with Crippen LogP contribution in [0, 0.1) is 0 Å². The van der Waals surface area contributed by atoms with Crippen LogP contribution in [0.1, 0.15) is 36.8 Å². The molecule has 1 fully saturated rings. The summed E-state index contributed by atoms with van der Waals surface area (Å²) in [5, 5.41) is 2.94. The van der Waals surface area contributed by atoms with Crippen LogP contribution in [0.4, 0.5) is 5.69 Å². The zero-order valence-electron chi connectivity index (χ0n) is 13.3. The summed E-state index contributed by atoms with van der Waals surface area (Å²) in [5.74, 6) is 0.471. The van der Waals surface area contributed by atoms with Gasteiger partial charge in [-0.2, -0.15) is 0 Å². The van der Waals surface area contributed by atoms with Crippen molar-refractivity contribution in [3.63, 3.8) is 0 Å². The average molecular weight is 331 g/mol. The van der Waals surface area contributed by atoms with Gasteiger partial charge >= 0.3 is 0 Å². The predicted molar refractivity (Wildman–Crippen MR) is 97.0 cm³/mol. The lowest BCUT2D eigenvalue weighted by molar-refractivity contribution is -0.115. The van der Waals surface area contributed by atoms with Crippen molar-refractivity contribution in [2.75, 3.05) is 5.32 Å². The number of rotatable bonds is 5. The van der Waals surface area contributed by atoms with Crippen LogP contribution >= 0.6 is 12.4 Å². The van der Waals surface area contributed by atoms with Gasteiger partial charge in [0.25, 0.3) is 0 Å². The maximum absolute atomic E-state index is 12.0. The smallest absolute Gasteiger partial charge is 0.228 e. The molecule has 1 saturated carbocycles. The molecule has 0 bridgehead atoms. The minimum Gasteiger partial charge on any atom is -0.326 e. The van der Waals surface area contributed by atoms with Crippen molar-refractivity contribution in [3.05, 3.63) is 65.7 Å². The molecule has 0 saturated heterocycles. The van der Waals surface area contributed by atoms with E-state index in [1.807, 2.05) is 42.5 Å². The Morgan fingerprint density at radius 3 is 2.39 bits per heavy atom. The van der Waals surface area contributed by atoms with Crippen LogP contribution in [-0.2, 0) is 11.2 Å². The van der Waals surface area contributed by atoms with E-state index in [2.05, 4.69) is 24.4 Å². The number of carbonyl (C=O) groups excluding carboxylic acids is 1. The fourth-order valence-electron chi connectivity index (χ4n) is 2.95. The Labute approximate surface area is 143 Å². The maximum Gasteiger partial charge on any atom is 0.228 e. The first-order valence-electron chi connectivity index (χ1n) is 7.83. The number of anilines is 1. The number of benzene rings is 2. The number of amides is 1. The molecule has 1 amide bonds. The predicted octanol–water partition coefficient (Wildman–Crippen LogP) is 3.88. The van der Waals surface area contributed by atoms with Crippen LogP contribution in [0.25, 0.3) is 0 Å². The topological polar surface area (TPSA) is 55.1 Å². The van der Waals surface area contributed by atoms with E-state index < -0.39 is 0 Å². The Bertz CT molecular complexity index is 657. The first-order chi connectivity index (χ1) is 10.6. The van der Waals surface area contributed by atoms with Crippen LogP contribution in [0.3, 0.4) is 0 Å². The number of nitrogens with two attached hydrogens (primary N) is 1. The molecule has 2 aromatic carbocycles. The summed E-state index contributed by atoms with van der Waals surface area (Å²) in [5.41, 5.74) is 9.37. The molecular formula is C19H23ClN2O. The van der Waals surface area contributed by atoms with E-state index in [0.717, 1.165) is 24.1 Å². The summed E-state index contributed by atoms with van der Waals surface area (Å²) >= 11 is 0. The van der Waals surface area contributed by atoms with E-state index >= 15 is 0 Å². The summed E-state index contributed by atoms with van der Waals surface area (Å²) < 4.78 is 0. The summed E-state index contributed by atoms with van der Waals surface area (Å²) in [7, 11) is 0. The second-order valence-corrected chi connectivity index (χ2v) is 6.18. The van der Waals surface area contributed by atoms with Gasteiger partial charge in [0.2, 0.25) is 5.91 Å². The van der Waals surface area contributed by atoms with Gasteiger partial charge in [-0.05, 0) is 36.1 Å². The highest BCUT2D eigenvalue weighted by molar-refractivity contribution is 5.92. The minimum atomic E-state index is -0.0158. The van der Waals surface area contributed by atoms with Crippen molar-refractivity contribution in [1.29, 1.82) is 0 Å². The zero-order valence-corrected chi connectivity index (χ0v) is 14.1. The lowest BCUT2D eigenvalue weighted by Crippen LogP contribution is -2.22. The molecule has 23 heavy (non-hydrogen) atoms. The molecule has 1 aliphatic rings. The Hall–Kier alpha value is -1.84. The summed E-state index contributed by atoms with van der Waals surface area (Å²) in [6, 6.07) is 17.8. The third-order valence-electron chi connectivity index (χ3n) is 4.58. The number of nitrogens with one attached hydrogen (secondary N) is 1. The van der Waals surface area contributed by atoms with Gasteiger partial charge in [0.05, 0.1) is 6.42 Å². The maximum atomic E-state index is 12.0. The van der Waals surface area contributed by atoms with Crippen molar-refractivity contribution >= 4 is 24.0 Å². The molecule has 2 aromatic rings.